The number of hydrogen-bond donors (Lipinski definition) is 2. The first-order valence-corrected chi connectivity index (χ1v) is 10.9. The van der Waals surface area contributed by atoms with E-state index < -0.39 is 0 Å². The Kier molecular flexibility index (Phi) is 6.59. The van der Waals surface area contributed by atoms with E-state index in [1.165, 1.54) is 11.1 Å². The van der Waals surface area contributed by atoms with Crippen molar-refractivity contribution in [3.05, 3.63) is 81.4 Å². The predicted octanol–water partition coefficient (Wildman–Crippen LogP) is 5.06. The number of allylic oxidation sites excluding steroid dienone is 2. The molecule has 2 aliphatic carbocycles. The van der Waals surface area contributed by atoms with Crippen molar-refractivity contribution >= 4 is 29.1 Å². The quantitative estimate of drug-likeness (QED) is 0.656. The number of amides is 1. The van der Waals surface area contributed by atoms with Crippen LogP contribution in [0, 0.1) is 0 Å². The topological polar surface area (TPSA) is 64.3 Å². The standard InChI is InChI=1S/C24H24Cl2N2O2/c25-19-7-9-23(21(26)14-19)30-22-8-6-15-4-5-17(13-20(15)22)16-2-1-3-18(12-16)24(29)28-11-10-27/h1-5,7,12-14,22-23H,6,8-11,27H2,(H,28,29). The Morgan fingerprint density at radius 2 is 1.97 bits per heavy atom. The third kappa shape index (κ3) is 4.62. The van der Waals surface area contributed by atoms with E-state index in [0.717, 1.165) is 24.0 Å². The lowest BCUT2D eigenvalue weighted by Crippen LogP contribution is -2.28. The zero-order valence-corrected chi connectivity index (χ0v) is 18.0. The lowest BCUT2D eigenvalue weighted by atomic mass is 9.98. The average Bonchev–Trinajstić information content (AvgIpc) is 3.16. The molecule has 2 aromatic carbocycles. The summed E-state index contributed by atoms with van der Waals surface area (Å²) in [5.41, 5.74) is 10.6. The molecule has 2 aliphatic rings. The maximum absolute atomic E-state index is 12.3. The van der Waals surface area contributed by atoms with Crippen molar-refractivity contribution in [1.29, 1.82) is 0 Å². The van der Waals surface area contributed by atoms with E-state index in [1.54, 1.807) is 6.08 Å². The molecule has 0 saturated carbocycles. The van der Waals surface area contributed by atoms with Crippen LogP contribution >= 0.6 is 23.2 Å². The molecule has 3 N–H and O–H groups in total. The van der Waals surface area contributed by atoms with Gasteiger partial charge in [-0.25, -0.2) is 0 Å². The highest BCUT2D eigenvalue weighted by molar-refractivity contribution is 6.35. The Morgan fingerprint density at radius 1 is 1.13 bits per heavy atom. The molecule has 2 unspecified atom stereocenters. The van der Waals surface area contributed by atoms with Gasteiger partial charge in [-0.3, -0.25) is 4.79 Å². The number of benzene rings is 2. The number of fused-ring (bicyclic) bond motifs is 1. The monoisotopic (exact) mass is 442 g/mol. The first kappa shape index (κ1) is 21.1. The summed E-state index contributed by atoms with van der Waals surface area (Å²) in [7, 11) is 0. The van der Waals surface area contributed by atoms with Crippen LogP contribution in [0.25, 0.3) is 11.1 Å². The van der Waals surface area contributed by atoms with Crippen molar-refractivity contribution in [3.63, 3.8) is 0 Å². The number of rotatable bonds is 6. The zero-order chi connectivity index (χ0) is 21.1. The molecule has 6 heteroatoms. The Labute approximate surface area is 186 Å². The van der Waals surface area contributed by atoms with Crippen molar-refractivity contribution in [2.24, 2.45) is 5.73 Å². The van der Waals surface area contributed by atoms with Crippen LogP contribution in [-0.4, -0.2) is 25.1 Å². The molecule has 0 bridgehead atoms. The molecule has 4 rings (SSSR count). The summed E-state index contributed by atoms with van der Waals surface area (Å²) in [6.07, 6.45) is 6.11. The average molecular weight is 443 g/mol. The molecule has 0 radical (unpaired) electrons. The molecule has 0 saturated heterocycles. The van der Waals surface area contributed by atoms with E-state index in [0.29, 0.717) is 35.1 Å². The van der Waals surface area contributed by atoms with Crippen LogP contribution in [0.4, 0.5) is 0 Å². The van der Waals surface area contributed by atoms with E-state index in [2.05, 4.69) is 23.5 Å². The molecule has 0 aromatic heterocycles. The molecule has 0 spiro atoms. The Balaban J connectivity index is 1.55. The SMILES string of the molecule is NCCNC(=O)c1cccc(-c2ccc3c(c2)C(OC2CC=C(Cl)C=C2Cl)CC3)c1. The second-order valence-electron chi connectivity index (χ2n) is 7.54. The number of aryl methyl sites for hydroxylation is 1. The zero-order valence-electron chi connectivity index (χ0n) is 16.5. The molecule has 0 heterocycles. The summed E-state index contributed by atoms with van der Waals surface area (Å²) < 4.78 is 6.36. The molecule has 2 atom stereocenters. The van der Waals surface area contributed by atoms with Crippen LogP contribution in [0.1, 0.15) is 40.4 Å². The maximum atomic E-state index is 12.3. The minimum Gasteiger partial charge on any atom is -0.364 e. The van der Waals surface area contributed by atoms with Gasteiger partial charge in [-0.15, -0.1) is 0 Å². The molecule has 4 nitrogen and oxygen atoms in total. The normalized spacial score (nSPS) is 20.4. The van der Waals surface area contributed by atoms with Gasteiger partial charge < -0.3 is 15.8 Å². The summed E-state index contributed by atoms with van der Waals surface area (Å²) >= 11 is 12.4. The van der Waals surface area contributed by atoms with E-state index in [1.807, 2.05) is 30.3 Å². The van der Waals surface area contributed by atoms with Crippen LogP contribution in [0.3, 0.4) is 0 Å². The van der Waals surface area contributed by atoms with Crippen LogP contribution in [0.2, 0.25) is 0 Å². The summed E-state index contributed by atoms with van der Waals surface area (Å²) in [5, 5.41) is 4.11. The highest BCUT2D eigenvalue weighted by atomic mass is 35.5. The van der Waals surface area contributed by atoms with Crippen LogP contribution in [-0.2, 0) is 11.2 Å². The largest absolute Gasteiger partial charge is 0.364 e. The van der Waals surface area contributed by atoms with Gasteiger partial charge in [0.1, 0.15) is 0 Å². The molecule has 1 amide bonds. The number of nitrogens with one attached hydrogen (secondary N) is 1. The van der Waals surface area contributed by atoms with Crippen LogP contribution < -0.4 is 11.1 Å². The fourth-order valence-corrected chi connectivity index (χ4v) is 4.47. The molecule has 0 fully saturated rings. The van der Waals surface area contributed by atoms with Crippen molar-refractivity contribution in [2.45, 2.75) is 31.5 Å². The maximum Gasteiger partial charge on any atom is 0.251 e. The van der Waals surface area contributed by atoms with Gasteiger partial charge in [-0.2, -0.15) is 0 Å². The van der Waals surface area contributed by atoms with Crippen LogP contribution in [0.15, 0.2) is 64.7 Å². The fourth-order valence-electron chi connectivity index (χ4n) is 3.95. The Hall–Kier alpha value is -2.11. The predicted molar refractivity (Wildman–Crippen MR) is 122 cm³/mol. The van der Waals surface area contributed by atoms with Gasteiger partial charge in [0.2, 0.25) is 0 Å². The molecule has 30 heavy (non-hydrogen) atoms. The third-order valence-electron chi connectivity index (χ3n) is 5.50. The first-order chi connectivity index (χ1) is 14.5. The molecular weight excluding hydrogens is 419 g/mol. The van der Waals surface area contributed by atoms with E-state index >= 15 is 0 Å². The second-order valence-corrected chi connectivity index (χ2v) is 8.42. The Bertz CT molecular complexity index is 1020. The number of ether oxygens (including phenoxy) is 1. The highest BCUT2D eigenvalue weighted by Gasteiger charge is 2.28. The summed E-state index contributed by atoms with van der Waals surface area (Å²) in [6.45, 7) is 0.874. The van der Waals surface area contributed by atoms with Gasteiger partial charge in [-0.05, 0) is 65.8 Å². The molecule has 156 valence electrons. The highest BCUT2D eigenvalue weighted by Crippen LogP contribution is 2.40. The van der Waals surface area contributed by atoms with Crippen molar-refractivity contribution < 1.29 is 9.53 Å². The fraction of sp³-hybridized carbons (Fsp3) is 0.292. The van der Waals surface area contributed by atoms with E-state index in [9.17, 15) is 4.79 Å². The van der Waals surface area contributed by atoms with Gasteiger partial charge in [-0.1, -0.05) is 53.5 Å². The lowest BCUT2D eigenvalue weighted by molar-refractivity contribution is 0.0120. The summed E-state index contributed by atoms with van der Waals surface area (Å²) in [4.78, 5) is 12.3. The van der Waals surface area contributed by atoms with E-state index in [-0.39, 0.29) is 18.1 Å². The third-order valence-corrected chi connectivity index (χ3v) is 6.11. The van der Waals surface area contributed by atoms with E-state index in [4.69, 9.17) is 33.7 Å². The Morgan fingerprint density at radius 3 is 2.77 bits per heavy atom. The number of carbonyl (C=O) groups excluding carboxylic acids is 1. The number of carbonyl (C=O) groups is 1. The van der Waals surface area contributed by atoms with Crippen LogP contribution in [0.5, 0.6) is 0 Å². The number of halogens is 2. The second kappa shape index (κ2) is 9.36. The molecule has 0 aliphatic heterocycles. The van der Waals surface area contributed by atoms with Crippen molar-refractivity contribution in [3.8, 4) is 11.1 Å². The van der Waals surface area contributed by atoms with Gasteiger partial charge in [0.25, 0.3) is 5.91 Å². The number of nitrogens with two attached hydrogens (primary N) is 1. The van der Waals surface area contributed by atoms with Gasteiger partial charge in [0.05, 0.1) is 12.2 Å². The van der Waals surface area contributed by atoms with Crippen molar-refractivity contribution in [1.82, 2.24) is 5.32 Å². The van der Waals surface area contributed by atoms with Gasteiger partial charge in [0, 0.05) is 28.7 Å². The van der Waals surface area contributed by atoms with Crippen molar-refractivity contribution in [2.75, 3.05) is 13.1 Å². The summed E-state index contributed by atoms with van der Waals surface area (Å²) in [5.74, 6) is -0.116. The van der Waals surface area contributed by atoms with Gasteiger partial charge in [0.15, 0.2) is 0 Å². The first-order valence-electron chi connectivity index (χ1n) is 10.1. The number of hydrogen-bond acceptors (Lipinski definition) is 3. The minimum absolute atomic E-state index is 0.00610. The molecule has 2 aromatic rings. The molecular formula is C24H24Cl2N2O2. The van der Waals surface area contributed by atoms with Gasteiger partial charge >= 0.3 is 0 Å². The smallest absolute Gasteiger partial charge is 0.251 e. The minimum atomic E-state index is -0.164. The lowest BCUT2D eigenvalue weighted by Gasteiger charge is -2.24. The summed E-state index contributed by atoms with van der Waals surface area (Å²) in [6, 6.07) is 14.1.